The molecule has 0 radical (unpaired) electrons. The molecule has 104 valence electrons. The maximum atomic E-state index is 11.4. The molecule has 3 aromatic rings. The molecule has 0 aliphatic heterocycles. The molecule has 0 aliphatic carbocycles. The van der Waals surface area contributed by atoms with Crippen LogP contribution in [0.4, 0.5) is 5.69 Å². The highest BCUT2D eigenvalue weighted by atomic mass is 16.6. The molecule has 8 heteroatoms. The first-order chi connectivity index (χ1) is 10.1. The monoisotopic (exact) mass is 284 g/mol. The molecule has 0 aliphatic rings. The smallest absolute Gasteiger partial charge is 0.356 e. The third kappa shape index (κ3) is 2.08. The van der Waals surface area contributed by atoms with E-state index in [0.29, 0.717) is 10.9 Å². The lowest BCUT2D eigenvalue weighted by Gasteiger charge is -2.06. The second-order valence-corrected chi connectivity index (χ2v) is 4.23. The van der Waals surface area contributed by atoms with E-state index in [1.165, 1.54) is 23.2 Å². The van der Waals surface area contributed by atoms with Crippen molar-refractivity contribution in [3.63, 3.8) is 0 Å². The van der Waals surface area contributed by atoms with Crippen LogP contribution < -0.4 is 0 Å². The van der Waals surface area contributed by atoms with Crippen LogP contribution in [0.5, 0.6) is 0 Å². The van der Waals surface area contributed by atoms with Gasteiger partial charge >= 0.3 is 11.7 Å². The minimum Gasteiger partial charge on any atom is -0.476 e. The van der Waals surface area contributed by atoms with Crippen LogP contribution >= 0.6 is 0 Å². The molecule has 0 atom stereocenters. The molecule has 21 heavy (non-hydrogen) atoms. The minimum absolute atomic E-state index is 0.144. The van der Waals surface area contributed by atoms with Crippen LogP contribution in [-0.4, -0.2) is 30.5 Å². The van der Waals surface area contributed by atoms with Gasteiger partial charge in [-0.15, -0.1) is 0 Å². The molecule has 0 amide bonds. The second-order valence-electron chi connectivity index (χ2n) is 4.23. The highest BCUT2D eigenvalue weighted by molar-refractivity contribution is 5.92. The van der Waals surface area contributed by atoms with Crippen molar-refractivity contribution in [1.29, 1.82) is 0 Å². The standard InChI is InChI=1S/C13H8N4O4/c18-13(19)10-6-16(7-15-10)11-4-3-9-8(2-1-5-14-9)12(11)17(20)21/h1-7H,(H,18,19). The molecule has 0 unspecified atom stereocenters. The van der Waals surface area contributed by atoms with Gasteiger partial charge in [-0.3, -0.25) is 19.7 Å². The van der Waals surface area contributed by atoms with Gasteiger partial charge in [-0.25, -0.2) is 9.78 Å². The summed E-state index contributed by atoms with van der Waals surface area (Å²) < 4.78 is 1.31. The number of rotatable bonds is 3. The van der Waals surface area contributed by atoms with Gasteiger partial charge in [-0.1, -0.05) is 0 Å². The third-order valence-electron chi connectivity index (χ3n) is 3.00. The molecule has 8 nitrogen and oxygen atoms in total. The summed E-state index contributed by atoms with van der Waals surface area (Å²) in [4.78, 5) is 29.5. The van der Waals surface area contributed by atoms with Crippen LogP contribution in [0.2, 0.25) is 0 Å². The van der Waals surface area contributed by atoms with E-state index in [-0.39, 0.29) is 17.1 Å². The number of hydrogen-bond acceptors (Lipinski definition) is 5. The maximum Gasteiger partial charge on any atom is 0.356 e. The van der Waals surface area contributed by atoms with E-state index in [2.05, 4.69) is 9.97 Å². The SMILES string of the molecule is O=C(O)c1cn(-c2ccc3ncccc3c2[N+](=O)[O-])cn1. The average Bonchev–Trinajstić information content (AvgIpc) is 2.95. The van der Waals surface area contributed by atoms with Crippen LogP contribution in [-0.2, 0) is 0 Å². The van der Waals surface area contributed by atoms with Crippen molar-refractivity contribution < 1.29 is 14.8 Å². The van der Waals surface area contributed by atoms with E-state index in [1.807, 2.05) is 0 Å². The van der Waals surface area contributed by atoms with Crippen molar-refractivity contribution in [2.45, 2.75) is 0 Å². The summed E-state index contributed by atoms with van der Waals surface area (Å²) in [5.74, 6) is -1.20. The van der Waals surface area contributed by atoms with E-state index in [0.717, 1.165) is 0 Å². The van der Waals surface area contributed by atoms with Gasteiger partial charge in [0.05, 0.1) is 15.8 Å². The molecule has 1 N–H and O–H groups in total. The van der Waals surface area contributed by atoms with Crippen molar-refractivity contribution in [1.82, 2.24) is 14.5 Å². The van der Waals surface area contributed by atoms with Gasteiger partial charge in [0, 0.05) is 12.4 Å². The normalized spacial score (nSPS) is 10.7. The van der Waals surface area contributed by atoms with Crippen molar-refractivity contribution in [3.8, 4) is 5.69 Å². The lowest BCUT2D eigenvalue weighted by atomic mass is 10.1. The zero-order valence-corrected chi connectivity index (χ0v) is 10.5. The number of hydrogen-bond donors (Lipinski definition) is 1. The Morgan fingerprint density at radius 3 is 2.76 bits per heavy atom. The second kappa shape index (κ2) is 4.67. The fourth-order valence-corrected chi connectivity index (χ4v) is 2.09. The Balaban J connectivity index is 2.28. The van der Waals surface area contributed by atoms with Crippen molar-refractivity contribution >= 4 is 22.6 Å². The quantitative estimate of drug-likeness (QED) is 0.581. The Bertz CT molecular complexity index is 871. The number of nitro groups is 1. The predicted molar refractivity (Wildman–Crippen MR) is 72.5 cm³/mol. The van der Waals surface area contributed by atoms with Gasteiger partial charge < -0.3 is 5.11 Å². The fraction of sp³-hybridized carbons (Fsp3) is 0. The van der Waals surface area contributed by atoms with Gasteiger partial charge in [-0.2, -0.15) is 0 Å². The zero-order chi connectivity index (χ0) is 15.0. The minimum atomic E-state index is -1.20. The Labute approximate surface area is 117 Å². The number of benzene rings is 1. The van der Waals surface area contributed by atoms with Crippen LogP contribution in [0.1, 0.15) is 10.5 Å². The van der Waals surface area contributed by atoms with Gasteiger partial charge in [0.2, 0.25) is 0 Å². The number of fused-ring (bicyclic) bond motifs is 1. The Morgan fingerprint density at radius 1 is 1.29 bits per heavy atom. The van der Waals surface area contributed by atoms with Crippen molar-refractivity contribution in [2.75, 3.05) is 0 Å². The van der Waals surface area contributed by atoms with Gasteiger partial charge in [0.25, 0.3) is 0 Å². The van der Waals surface area contributed by atoms with Crippen molar-refractivity contribution in [3.05, 3.63) is 58.8 Å². The van der Waals surface area contributed by atoms with E-state index in [9.17, 15) is 14.9 Å². The Morgan fingerprint density at radius 2 is 2.10 bits per heavy atom. The van der Waals surface area contributed by atoms with E-state index < -0.39 is 10.9 Å². The molecule has 0 spiro atoms. The van der Waals surface area contributed by atoms with Gasteiger partial charge in [0.1, 0.15) is 12.0 Å². The zero-order valence-electron chi connectivity index (χ0n) is 10.5. The summed E-state index contributed by atoms with van der Waals surface area (Å²) in [7, 11) is 0. The summed E-state index contributed by atoms with van der Waals surface area (Å²) in [6.07, 6.45) is 4.01. The molecule has 2 heterocycles. The third-order valence-corrected chi connectivity index (χ3v) is 3.00. The van der Waals surface area contributed by atoms with Gasteiger partial charge in [-0.05, 0) is 24.3 Å². The number of pyridine rings is 1. The number of aromatic nitrogens is 3. The number of aromatic carboxylic acids is 1. The maximum absolute atomic E-state index is 11.4. The summed E-state index contributed by atoms with van der Waals surface area (Å²) in [5.41, 5.74) is 0.401. The van der Waals surface area contributed by atoms with Crippen LogP contribution in [0.15, 0.2) is 43.0 Å². The first-order valence-corrected chi connectivity index (χ1v) is 5.87. The molecular weight excluding hydrogens is 276 g/mol. The van der Waals surface area contributed by atoms with Crippen molar-refractivity contribution in [2.24, 2.45) is 0 Å². The first kappa shape index (κ1) is 12.7. The average molecular weight is 284 g/mol. The molecule has 3 rings (SSSR count). The molecule has 2 aromatic heterocycles. The number of imidazole rings is 1. The summed E-state index contributed by atoms with van der Waals surface area (Å²) >= 11 is 0. The molecule has 0 saturated carbocycles. The topological polar surface area (TPSA) is 111 Å². The number of nitro benzene ring substituents is 1. The molecule has 0 bridgehead atoms. The summed E-state index contributed by atoms with van der Waals surface area (Å²) in [5, 5.41) is 20.6. The van der Waals surface area contributed by atoms with E-state index in [1.54, 1.807) is 24.4 Å². The van der Waals surface area contributed by atoms with Gasteiger partial charge in [0.15, 0.2) is 5.69 Å². The summed E-state index contributed by atoms with van der Waals surface area (Å²) in [6.45, 7) is 0. The summed E-state index contributed by atoms with van der Waals surface area (Å²) in [6, 6.07) is 6.35. The van der Waals surface area contributed by atoms with E-state index >= 15 is 0 Å². The lowest BCUT2D eigenvalue weighted by molar-refractivity contribution is -0.382. The highest BCUT2D eigenvalue weighted by Crippen LogP contribution is 2.31. The van der Waals surface area contributed by atoms with Crippen LogP contribution in [0.25, 0.3) is 16.6 Å². The molecule has 0 saturated heterocycles. The Kier molecular flexibility index (Phi) is 2.83. The number of nitrogens with zero attached hydrogens (tertiary/aromatic N) is 4. The number of carboxylic acid groups (broad SMARTS) is 1. The van der Waals surface area contributed by atoms with Crippen LogP contribution in [0.3, 0.4) is 0 Å². The molecule has 1 aromatic carbocycles. The molecule has 0 fully saturated rings. The predicted octanol–water partition coefficient (Wildman–Crippen LogP) is 2.03. The largest absolute Gasteiger partial charge is 0.476 e. The lowest BCUT2D eigenvalue weighted by Crippen LogP contribution is -2.00. The fourth-order valence-electron chi connectivity index (χ4n) is 2.09. The molecular formula is C13H8N4O4. The Hall–Kier alpha value is -3.29. The van der Waals surface area contributed by atoms with Crippen LogP contribution in [0, 0.1) is 10.1 Å². The number of carboxylic acids is 1. The highest BCUT2D eigenvalue weighted by Gasteiger charge is 2.21. The van der Waals surface area contributed by atoms with E-state index in [4.69, 9.17) is 5.11 Å². The first-order valence-electron chi connectivity index (χ1n) is 5.87. The number of carbonyl (C=O) groups is 1.